The normalized spacial score (nSPS) is 10.8. The Kier molecular flexibility index (Phi) is 5.13. The van der Waals surface area contributed by atoms with Crippen molar-refractivity contribution in [3.05, 3.63) is 34.1 Å². The third-order valence-corrected chi connectivity index (χ3v) is 3.53. The van der Waals surface area contributed by atoms with Crippen molar-refractivity contribution in [2.45, 2.75) is 33.1 Å². The molecule has 0 saturated heterocycles. The molecule has 1 nitrogen and oxygen atoms in total. The standard InChI is InChI=1S/C13H16BrFO/c1-3-9(4-2)8-12(16)13-10(14)6-5-7-11(13)15/h5-7,9H,3-4,8H2,1-2H3. The second kappa shape index (κ2) is 6.14. The predicted molar refractivity (Wildman–Crippen MR) is 67.1 cm³/mol. The van der Waals surface area contributed by atoms with Gasteiger partial charge >= 0.3 is 0 Å². The second-order valence-electron chi connectivity index (χ2n) is 3.91. The van der Waals surface area contributed by atoms with Crippen molar-refractivity contribution >= 4 is 21.7 Å². The molecule has 0 heterocycles. The van der Waals surface area contributed by atoms with Crippen LogP contribution in [-0.4, -0.2) is 5.78 Å². The highest BCUT2D eigenvalue weighted by Crippen LogP contribution is 2.24. The molecule has 0 fully saturated rings. The van der Waals surface area contributed by atoms with Crippen LogP contribution < -0.4 is 0 Å². The van der Waals surface area contributed by atoms with Gasteiger partial charge in [0.05, 0.1) is 5.56 Å². The molecule has 0 spiro atoms. The van der Waals surface area contributed by atoms with Crippen molar-refractivity contribution in [3.63, 3.8) is 0 Å². The van der Waals surface area contributed by atoms with E-state index in [1.807, 2.05) is 0 Å². The van der Waals surface area contributed by atoms with Crippen molar-refractivity contribution < 1.29 is 9.18 Å². The van der Waals surface area contributed by atoms with E-state index in [4.69, 9.17) is 0 Å². The molecule has 0 N–H and O–H groups in total. The van der Waals surface area contributed by atoms with E-state index in [0.717, 1.165) is 12.8 Å². The molecule has 0 aliphatic carbocycles. The summed E-state index contributed by atoms with van der Waals surface area (Å²) >= 11 is 3.22. The number of benzene rings is 1. The van der Waals surface area contributed by atoms with Gasteiger partial charge in [-0.25, -0.2) is 4.39 Å². The first-order chi connectivity index (χ1) is 7.60. The molecule has 0 radical (unpaired) electrons. The van der Waals surface area contributed by atoms with Crippen molar-refractivity contribution in [2.75, 3.05) is 0 Å². The number of hydrogen-bond acceptors (Lipinski definition) is 1. The van der Waals surface area contributed by atoms with Crippen molar-refractivity contribution in [1.29, 1.82) is 0 Å². The summed E-state index contributed by atoms with van der Waals surface area (Å²) in [4.78, 5) is 11.9. The van der Waals surface area contributed by atoms with Crippen LogP contribution in [0.5, 0.6) is 0 Å². The highest BCUT2D eigenvalue weighted by Gasteiger charge is 2.18. The third-order valence-electron chi connectivity index (χ3n) is 2.87. The molecule has 0 bridgehead atoms. The Morgan fingerprint density at radius 2 is 2.00 bits per heavy atom. The van der Waals surface area contributed by atoms with E-state index in [1.165, 1.54) is 6.07 Å². The lowest BCUT2D eigenvalue weighted by Gasteiger charge is -2.12. The molecule has 16 heavy (non-hydrogen) atoms. The zero-order chi connectivity index (χ0) is 12.1. The predicted octanol–water partition coefficient (Wildman–Crippen LogP) is 4.60. The largest absolute Gasteiger partial charge is 0.294 e. The fourth-order valence-corrected chi connectivity index (χ4v) is 2.27. The lowest BCUT2D eigenvalue weighted by Crippen LogP contribution is -2.10. The Morgan fingerprint density at radius 1 is 1.38 bits per heavy atom. The van der Waals surface area contributed by atoms with Gasteiger partial charge in [0.2, 0.25) is 0 Å². The molecule has 0 aromatic heterocycles. The summed E-state index contributed by atoms with van der Waals surface area (Å²) in [5.74, 6) is -0.206. The van der Waals surface area contributed by atoms with Gasteiger partial charge in [-0.15, -0.1) is 0 Å². The number of halogens is 2. The average molecular weight is 287 g/mol. The summed E-state index contributed by atoms with van der Waals surface area (Å²) in [7, 11) is 0. The van der Waals surface area contributed by atoms with Crippen LogP contribution in [0.3, 0.4) is 0 Å². The van der Waals surface area contributed by atoms with E-state index in [0.29, 0.717) is 16.8 Å². The lowest BCUT2D eigenvalue weighted by atomic mass is 9.94. The lowest BCUT2D eigenvalue weighted by molar-refractivity contribution is 0.0954. The van der Waals surface area contributed by atoms with Crippen LogP contribution >= 0.6 is 15.9 Å². The first-order valence-corrected chi connectivity index (χ1v) is 6.36. The van der Waals surface area contributed by atoms with Gasteiger partial charge in [-0.05, 0) is 34.0 Å². The Hall–Kier alpha value is -0.700. The van der Waals surface area contributed by atoms with Gasteiger partial charge in [0.25, 0.3) is 0 Å². The van der Waals surface area contributed by atoms with Crippen molar-refractivity contribution in [1.82, 2.24) is 0 Å². The first kappa shape index (κ1) is 13.4. The molecule has 1 aromatic rings. The molecule has 0 atom stereocenters. The summed E-state index contributed by atoms with van der Waals surface area (Å²) < 4.78 is 14.1. The van der Waals surface area contributed by atoms with Gasteiger partial charge in [-0.3, -0.25) is 4.79 Å². The maximum atomic E-state index is 13.5. The minimum absolute atomic E-state index is 0.112. The Labute approximate surface area is 104 Å². The second-order valence-corrected chi connectivity index (χ2v) is 4.76. The van der Waals surface area contributed by atoms with E-state index in [2.05, 4.69) is 29.8 Å². The third kappa shape index (κ3) is 3.14. The molecule has 0 aliphatic rings. The van der Waals surface area contributed by atoms with E-state index >= 15 is 0 Å². The smallest absolute Gasteiger partial charge is 0.167 e. The van der Waals surface area contributed by atoms with Crippen LogP contribution in [0.2, 0.25) is 0 Å². The van der Waals surface area contributed by atoms with E-state index in [1.54, 1.807) is 12.1 Å². The number of hydrogen-bond donors (Lipinski definition) is 0. The van der Waals surface area contributed by atoms with E-state index in [-0.39, 0.29) is 11.3 Å². The van der Waals surface area contributed by atoms with Gasteiger partial charge < -0.3 is 0 Å². The van der Waals surface area contributed by atoms with E-state index in [9.17, 15) is 9.18 Å². The number of rotatable bonds is 5. The van der Waals surface area contributed by atoms with Gasteiger partial charge in [0.1, 0.15) is 5.82 Å². The highest BCUT2D eigenvalue weighted by molar-refractivity contribution is 9.10. The summed E-state index contributed by atoms with van der Waals surface area (Å²) in [6.45, 7) is 4.11. The van der Waals surface area contributed by atoms with Crippen LogP contribution in [0.4, 0.5) is 4.39 Å². The zero-order valence-electron chi connectivity index (χ0n) is 9.59. The molecule has 3 heteroatoms. The number of carbonyl (C=O) groups excluding carboxylic acids is 1. The summed E-state index contributed by atoms with van der Waals surface area (Å²) in [5, 5.41) is 0. The van der Waals surface area contributed by atoms with Crippen LogP contribution in [0.15, 0.2) is 22.7 Å². The number of Topliss-reactive ketones (excluding diaryl/α,β-unsaturated/α-hetero) is 1. The van der Waals surface area contributed by atoms with Gasteiger partial charge in [-0.2, -0.15) is 0 Å². The molecule has 88 valence electrons. The Bertz CT molecular complexity index is 352. The van der Waals surface area contributed by atoms with Crippen LogP contribution in [0.1, 0.15) is 43.5 Å². The maximum absolute atomic E-state index is 13.5. The van der Waals surface area contributed by atoms with Crippen LogP contribution in [0, 0.1) is 11.7 Å². The number of carbonyl (C=O) groups is 1. The quantitative estimate of drug-likeness (QED) is 0.723. The highest BCUT2D eigenvalue weighted by atomic mass is 79.9. The zero-order valence-corrected chi connectivity index (χ0v) is 11.2. The molecule has 1 aromatic carbocycles. The molecular formula is C13H16BrFO. The fourth-order valence-electron chi connectivity index (χ4n) is 1.71. The van der Waals surface area contributed by atoms with Crippen LogP contribution in [0.25, 0.3) is 0 Å². The van der Waals surface area contributed by atoms with Crippen molar-refractivity contribution in [3.8, 4) is 0 Å². The van der Waals surface area contributed by atoms with Gasteiger partial charge in [-0.1, -0.05) is 32.8 Å². The van der Waals surface area contributed by atoms with Crippen molar-refractivity contribution in [2.24, 2.45) is 5.92 Å². The Morgan fingerprint density at radius 3 is 2.50 bits per heavy atom. The van der Waals surface area contributed by atoms with Gasteiger partial charge in [0.15, 0.2) is 5.78 Å². The topological polar surface area (TPSA) is 17.1 Å². The number of ketones is 1. The molecular weight excluding hydrogens is 271 g/mol. The summed E-state index contributed by atoms with van der Waals surface area (Å²) in [6, 6.07) is 4.61. The Balaban J connectivity index is 2.88. The first-order valence-electron chi connectivity index (χ1n) is 5.57. The molecule has 1 rings (SSSR count). The molecule has 0 saturated carbocycles. The SMILES string of the molecule is CCC(CC)CC(=O)c1c(F)cccc1Br. The summed E-state index contributed by atoms with van der Waals surface area (Å²) in [6.07, 6.45) is 2.33. The minimum atomic E-state index is -0.440. The molecule has 0 aliphatic heterocycles. The maximum Gasteiger partial charge on any atom is 0.167 e. The fraction of sp³-hybridized carbons (Fsp3) is 0.462. The van der Waals surface area contributed by atoms with Crippen LogP contribution in [-0.2, 0) is 0 Å². The molecule has 0 unspecified atom stereocenters. The monoisotopic (exact) mass is 286 g/mol. The van der Waals surface area contributed by atoms with E-state index < -0.39 is 5.82 Å². The molecule has 0 amide bonds. The minimum Gasteiger partial charge on any atom is -0.294 e. The van der Waals surface area contributed by atoms with Gasteiger partial charge in [0, 0.05) is 10.9 Å². The summed E-state index contributed by atoms with van der Waals surface area (Å²) in [5.41, 5.74) is 0.189. The average Bonchev–Trinajstić information content (AvgIpc) is 2.25.